The van der Waals surface area contributed by atoms with Crippen molar-refractivity contribution in [2.24, 2.45) is 0 Å². The van der Waals surface area contributed by atoms with Gasteiger partial charge in [0.05, 0.1) is 0 Å². The predicted octanol–water partition coefficient (Wildman–Crippen LogP) is 2.33. The minimum absolute atomic E-state index is 0.0401. The van der Waals surface area contributed by atoms with Gasteiger partial charge >= 0.3 is 6.09 Å². The molecule has 7 nitrogen and oxygen atoms in total. The zero-order chi connectivity index (χ0) is 20.6. The lowest BCUT2D eigenvalue weighted by molar-refractivity contribution is -0.116. The van der Waals surface area contributed by atoms with Crippen molar-refractivity contribution in [2.75, 3.05) is 51.6 Å². The van der Waals surface area contributed by atoms with E-state index in [0.29, 0.717) is 19.4 Å². The standard InChI is InChI=1S/C21H34N4O3/c1-21(2,3)28-20(27)22-11-9-17-5-7-18(8-6-17)23-19(26)10-12-25-15-13-24(4)14-16-25/h5-8H,9-16H2,1-4H3,(H,22,27)(H,23,26). The highest BCUT2D eigenvalue weighted by Gasteiger charge is 2.16. The maximum absolute atomic E-state index is 12.2. The van der Waals surface area contributed by atoms with Crippen LogP contribution in [-0.2, 0) is 16.0 Å². The van der Waals surface area contributed by atoms with E-state index in [1.165, 1.54) is 0 Å². The molecule has 0 spiro atoms. The van der Waals surface area contributed by atoms with E-state index in [1.807, 2.05) is 45.0 Å². The summed E-state index contributed by atoms with van der Waals surface area (Å²) < 4.78 is 5.21. The van der Waals surface area contributed by atoms with Crippen molar-refractivity contribution in [1.29, 1.82) is 0 Å². The van der Waals surface area contributed by atoms with Crippen LogP contribution in [0.1, 0.15) is 32.8 Å². The van der Waals surface area contributed by atoms with Gasteiger partial charge in [-0.25, -0.2) is 4.79 Å². The Morgan fingerprint density at radius 1 is 1.07 bits per heavy atom. The minimum atomic E-state index is -0.492. The van der Waals surface area contributed by atoms with E-state index >= 15 is 0 Å². The molecule has 1 aromatic carbocycles. The van der Waals surface area contributed by atoms with Crippen LogP contribution in [0.5, 0.6) is 0 Å². The number of rotatable bonds is 7. The van der Waals surface area contributed by atoms with Crippen molar-refractivity contribution in [3.63, 3.8) is 0 Å². The van der Waals surface area contributed by atoms with E-state index in [0.717, 1.165) is 44.0 Å². The Morgan fingerprint density at radius 2 is 1.71 bits per heavy atom. The number of amides is 2. The molecule has 0 aromatic heterocycles. The Bertz CT molecular complexity index is 632. The van der Waals surface area contributed by atoms with E-state index < -0.39 is 11.7 Å². The van der Waals surface area contributed by atoms with Crippen LogP contribution >= 0.6 is 0 Å². The molecule has 156 valence electrons. The normalized spacial score (nSPS) is 15.9. The number of hydrogen-bond acceptors (Lipinski definition) is 5. The lowest BCUT2D eigenvalue weighted by atomic mass is 10.1. The molecule has 2 amide bonds. The lowest BCUT2D eigenvalue weighted by Crippen LogP contribution is -2.45. The van der Waals surface area contributed by atoms with E-state index in [2.05, 4.69) is 27.5 Å². The van der Waals surface area contributed by atoms with Crippen LogP contribution in [0.15, 0.2) is 24.3 Å². The number of likely N-dealkylation sites (N-methyl/N-ethyl adjacent to an activating group) is 1. The summed E-state index contributed by atoms with van der Waals surface area (Å²) in [5.41, 5.74) is 1.40. The zero-order valence-corrected chi connectivity index (χ0v) is 17.6. The molecule has 0 bridgehead atoms. The molecule has 2 N–H and O–H groups in total. The third-order valence-electron chi connectivity index (χ3n) is 4.57. The van der Waals surface area contributed by atoms with Gasteiger partial charge in [-0.15, -0.1) is 0 Å². The summed E-state index contributed by atoms with van der Waals surface area (Å²) in [5.74, 6) is 0.0401. The molecular formula is C21H34N4O3. The van der Waals surface area contributed by atoms with Crippen molar-refractivity contribution in [2.45, 2.75) is 39.2 Å². The molecule has 1 heterocycles. The van der Waals surface area contributed by atoms with Gasteiger partial charge in [0.15, 0.2) is 0 Å². The van der Waals surface area contributed by atoms with Gasteiger partial charge in [-0.2, -0.15) is 0 Å². The first-order valence-corrected chi connectivity index (χ1v) is 9.98. The topological polar surface area (TPSA) is 73.9 Å². The molecule has 2 rings (SSSR count). The molecule has 1 aliphatic rings. The Morgan fingerprint density at radius 3 is 2.32 bits per heavy atom. The molecule has 1 aliphatic heterocycles. The molecule has 0 atom stereocenters. The first kappa shape index (κ1) is 22.2. The summed E-state index contributed by atoms with van der Waals surface area (Å²) in [5, 5.41) is 5.70. The summed E-state index contributed by atoms with van der Waals surface area (Å²) >= 11 is 0. The predicted molar refractivity (Wildman–Crippen MR) is 112 cm³/mol. The Hall–Kier alpha value is -2.12. The van der Waals surface area contributed by atoms with Gasteiger partial charge in [0, 0.05) is 51.4 Å². The van der Waals surface area contributed by atoms with Crippen LogP contribution in [0.2, 0.25) is 0 Å². The summed E-state index contributed by atoms with van der Waals surface area (Å²) in [6.45, 7) is 11.0. The fourth-order valence-electron chi connectivity index (χ4n) is 2.93. The van der Waals surface area contributed by atoms with Crippen molar-refractivity contribution in [1.82, 2.24) is 15.1 Å². The van der Waals surface area contributed by atoms with Crippen LogP contribution in [0.3, 0.4) is 0 Å². The number of hydrogen-bond donors (Lipinski definition) is 2. The van der Waals surface area contributed by atoms with Crippen LogP contribution in [0.4, 0.5) is 10.5 Å². The first-order chi connectivity index (χ1) is 13.2. The number of anilines is 1. The van der Waals surface area contributed by atoms with Gasteiger partial charge in [0.25, 0.3) is 0 Å². The van der Waals surface area contributed by atoms with Crippen LogP contribution in [0, 0.1) is 0 Å². The molecule has 1 aromatic rings. The van der Waals surface area contributed by atoms with Gasteiger partial charge < -0.3 is 25.2 Å². The van der Waals surface area contributed by atoms with E-state index in [-0.39, 0.29) is 5.91 Å². The van der Waals surface area contributed by atoms with Gasteiger partial charge in [-0.3, -0.25) is 4.79 Å². The molecular weight excluding hydrogens is 356 g/mol. The van der Waals surface area contributed by atoms with Gasteiger partial charge in [0.1, 0.15) is 5.60 Å². The second-order valence-corrected chi connectivity index (χ2v) is 8.32. The van der Waals surface area contributed by atoms with Crippen molar-refractivity contribution in [3.05, 3.63) is 29.8 Å². The number of piperazine rings is 1. The number of nitrogens with one attached hydrogen (secondary N) is 2. The third kappa shape index (κ3) is 8.71. The number of alkyl carbamates (subject to hydrolysis) is 1. The maximum Gasteiger partial charge on any atom is 0.407 e. The van der Waals surface area contributed by atoms with E-state index in [9.17, 15) is 9.59 Å². The Kier molecular flexibility index (Phi) is 8.26. The van der Waals surface area contributed by atoms with Gasteiger partial charge in [0.2, 0.25) is 5.91 Å². The highest BCUT2D eigenvalue weighted by molar-refractivity contribution is 5.90. The van der Waals surface area contributed by atoms with Crippen LogP contribution in [-0.4, -0.2) is 73.7 Å². The number of carbonyl (C=O) groups excluding carboxylic acids is 2. The van der Waals surface area contributed by atoms with Crippen LogP contribution < -0.4 is 10.6 Å². The molecule has 1 fully saturated rings. The molecule has 1 saturated heterocycles. The average molecular weight is 391 g/mol. The summed E-state index contributed by atoms with van der Waals surface area (Å²) in [6, 6.07) is 7.73. The average Bonchev–Trinajstić information content (AvgIpc) is 2.61. The maximum atomic E-state index is 12.2. The van der Waals surface area contributed by atoms with Crippen molar-refractivity contribution >= 4 is 17.7 Å². The number of nitrogens with zero attached hydrogens (tertiary/aromatic N) is 2. The molecule has 28 heavy (non-hydrogen) atoms. The minimum Gasteiger partial charge on any atom is -0.444 e. The SMILES string of the molecule is CN1CCN(CCC(=O)Nc2ccc(CCNC(=O)OC(C)(C)C)cc2)CC1. The lowest BCUT2D eigenvalue weighted by Gasteiger charge is -2.32. The summed E-state index contributed by atoms with van der Waals surface area (Å²) in [7, 11) is 2.13. The fourth-order valence-corrected chi connectivity index (χ4v) is 2.93. The highest BCUT2D eigenvalue weighted by atomic mass is 16.6. The third-order valence-corrected chi connectivity index (χ3v) is 4.57. The van der Waals surface area contributed by atoms with Crippen molar-refractivity contribution in [3.8, 4) is 0 Å². The Balaban J connectivity index is 1.66. The second kappa shape index (κ2) is 10.4. The number of ether oxygens (including phenoxy) is 1. The van der Waals surface area contributed by atoms with Gasteiger partial charge in [-0.1, -0.05) is 12.1 Å². The first-order valence-electron chi connectivity index (χ1n) is 9.98. The molecule has 0 unspecified atom stereocenters. The molecule has 0 saturated carbocycles. The summed E-state index contributed by atoms with van der Waals surface area (Å²) in [6.07, 6.45) is 0.805. The molecule has 7 heteroatoms. The fraction of sp³-hybridized carbons (Fsp3) is 0.619. The number of benzene rings is 1. The summed E-state index contributed by atoms with van der Waals surface area (Å²) in [4.78, 5) is 28.4. The molecule has 0 aliphatic carbocycles. The second-order valence-electron chi connectivity index (χ2n) is 8.32. The van der Waals surface area contributed by atoms with Crippen LogP contribution in [0.25, 0.3) is 0 Å². The van der Waals surface area contributed by atoms with Gasteiger partial charge in [-0.05, 0) is 51.9 Å². The molecule has 0 radical (unpaired) electrons. The quantitative estimate of drug-likeness (QED) is 0.748. The largest absolute Gasteiger partial charge is 0.444 e. The zero-order valence-electron chi connectivity index (χ0n) is 17.6. The number of carbonyl (C=O) groups is 2. The van der Waals surface area contributed by atoms with E-state index in [4.69, 9.17) is 4.74 Å². The van der Waals surface area contributed by atoms with Crippen molar-refractivity contribution < 1.29 is 14.3 Å². The Labute approximate surface area is 168 Å². The smallest absolute Gasteiger partial charge is 0.407 e. The van der Waals surface area contributed by atoms with E-state index in [1.54, 1.807) is 0 Å². The highest BCUT2D eigenvalue weighted by Crippen LogP contribution is 2.11. The monoisotopic (exact) mass is 390 g/mol.